The lowest BCUT2D eigenvalue weighted by Gasteiger charge is -2.34. The molecule has 1 N–H and O–H groups in total. The average Bonchev–Trinajstić information content (AvgIpc) is 3.15. The molecule has 0 aliphatic heterocycles. The van der Waals surface area contributed by atoms with Gasteiger partial charge >= 0.3 is 0 Å². The summed E-state index contributed by atoms with van der Waals surface area (Å²) in [4.78, 5) is 30.2. The summed E-state index contributed by atoms with van der Waals surface area (Å²) in [6.07, 6.45) is 0.882. The van der Waals surface area contributed by atoms with Crippen LogP contribution >= 0.6 is 0 Å². The van der Waals surface area contributed by atoms with Gasteiger partial charge in [-0.1, -0.05) is 49.4 Å². The first kappa shape index (κ1) is 38.6. The van der Waals surface area contributed by atoms with Gasteiger partial charge in [0.1, 0.15) is 24.1 Å². The Labute approximate surface area is 301 Å². The van der Waals surface area contributed by atoms with E-state index in [0.29, 0.717) is 35.8 Å². The van der Waals surface area contributed by atoms with Crippen molar-refractivity contribution in [1.29, 1.82) is 0 Å². The zero-order valence-corrected chi connectivity index (χ0v) is 30.8. The lowest BCUT2D eigenvalue weighted by atomic mass is 10.0. The second-order valence-corrected chi connectivity index (χ2v) is 13.7. The Hall–Kier alpha value is -5.23. The number of ether oxygens (including phenoxy) is 4. The Bertz CT molecular complexity index is 1850. The number of sulfonamides is 1. The number of rotatable bonds is 18. The molecule has 4 aromatic rings. The topological polar surface area (TPSA) is 124 Å². The van der Waals surface area contributed by atoms with Gasteiger partial charge in [-0.2, -0.15) is 0 Å². The molecule has 0 saturated carbocycles. The third kappa shape index (κ3) is 9.94. The maximum absolute atomic E-state index is 14.8. The van der Waals surface area contributed by atoms with Gasteiger partial charge in [-0.15, -0.1) is 0 Å². The highest BCUT2D eigenvalue weighted by molar-refractivity contribution is 7.92. The van der Waals surface area contributed by atoms with Crippen LogP contribution in [0.3, 0.4) is 0 Å². The SMILES string of the molecule is CCOc1ccc(N(CC(=O)N(Cc2cccc(OC)c2)[C@@H](Cc2ccccc2)C(=O)N[C@@H](C)CC)S(=O)(=O)c2ccc(OC)c(OC)c2)cc1. The van der Waals surface area contributed by atoms with Crippen molar-refractivity contribution in [1.82, 2.24) is 10.2 Å². The van der Waals surface area contributed by atoms with Crippen LogP contribution in [0.1, 0.15) is 38.3 Å². The van der Waals surface area contributed by atoms with E-state index in [1.165, 1.54) is 37.3 Å². The first-order chi connectivity index (χ1) is 24.5. The molecule has 4 aromatic carbocycles. The van der Waals surface area contributed by atoms with Gasteiger partial charge in [0, 0.05) is 25.1 Å². The smallest absolute Gasteiger partial charge is 0.264 e. The van der Waals surface area contributed by atoms with E-state index in [2.05, 4.69) is 5.32 Å². The van der Waals surface area contributed by atoms with Crippen LogP contribution in [0.4, 0.5) is 5.69 Å². The predicted molar refractivity (Wildman–Crippen MR) is 197 cm³/mol. The lowest BCUT2D eigenvalue weighted by Crippen LogP contribution is -2.54. The zero-order valence-electron chi connectivity index (χ0n) is 30.0. The van der Waals surface area contributed by atoms with Crippen LogP contribution in [0.15, 0.2) is 102 Å². The molecule has 0 heterocycles. The summed E-state index contributed by atoms with van der Waals surface area (Å²) in [5.74, 6) is 0.744. The molecule has 0 aromatic heterocycles. The van der Waals surface area contributed by atoms with Crippen molar-refractivity contribution in [3.8, 4) is 23.0 Å². The highest BCUT2D eigenvalue weighted by Crippen LogP contribution is 2.33. The summed E-state index contributed by atoms with van der Waals surface area (Å²) >= 11 is 0. The van der Waals surface area contributed by atoms with Crippen LogP contribution in [-0.2, 0) is 32.6 Å². The minimum absolute atomic E-state index is 0.00891. The molecule has 2 amide bonds. The number of carbonyl (C=O) groups excluding carboxylic acids is 2. The van der Waals surface area contributed by atoms with Gasteiger partial charge in [0.15, 0.2) is 11.5 Å². The number of anilines is 1. The van der Waals surface area contributed by atoms with Gasteiger partial charge in [0.2, 0.25) is 11.8 Å². The largest absolute Gasteiger partial charge is 0.497 e. The highest BCUT2D eigenvalue weighted by Gasteiger charge is 2.35. The summed E-state index contributed by atoms with van der Waals surface area (Å²) in [6, 6.07) is 26.2. The van der Waals surface area contributed by atoms with Crippen molar-refractivity contribution in [2.75, 3.05) is 38.8 Å². The van der Waals surface area contributed by atoms with E-state index < -0.39 is 28.5 Å². The fourth-order valence-corrected chi connectivity index (χ4v) is 6.90. The van der Waals surface area contributed by atoms with Crippen LogP contribution in [0.5, 0.6) is 23.0 Å². The van der Waals surface area contributed by atoms with E-state index in [1.54, 1.807) is 49.6 Å². The van der Waals surface area contributed by atoms with Crippen molar-refractivity contribution in [2.45, 2.75) is 57.1 Å². The number of hydrogen-bond donors (Lipinski definition) is 1. The van der Waals surface area contributed by atoms with Crippen molar-refractivity contribution in [3.05, 3.63) is 108 Å². The monoisotopic (exact) mass is 717 g/mol. The molecule has 11 nitrogen and oxygen atoms in total. The number of methoxy groups -OCH3 is 3. The standard InChI is InChI=1S/C39H47N3O8S/c1-7-28(3)40-39(44)35(24-29-13-10-9-11-14-29)41(26-30-15-12-16-33(23-30)47-4)38(43)27-42(31-17-19-32(20-18-31)50-8-2)51(45,46)34-21-22-36(48-5)37(25-34)49-6/h9-23,25,28,35H,7-8,24,26-27H2,1-6H3,(H,40,44)/t28-,35-/m0/s1. The molecular weight excluding hydrogens is 671 g/mol. The second kappa shape index (κ2) is 18.1. The zero-order chi connectivity index (χ0) is 37.0. The molecule has 272 valence electrons. The molecule has 0 aliphatic carbocycles. The molecule has 0 spiro atoms. The van der Waals surface area contributed by atoms with Gasteiger partial charge in [0.25, 0.3) is 10.0 Å². The fourth-order valence-electron chi connectivity index (χ4n) is 5.47. The molecule has 0 aliphatic rings. The Morgan fingerprint density at radius 3 is 2.08 bits per heavy atom. The van der Waals surface area contributed by atoms with Crippen LogP contribution in [0, 0.1) is 0 Å². The molecule has 0 bridgehead atoms. The summed E-state index contributed by atoms with van der Waals surface area (Å²) < 4.78 is 51.9. The Balaban J connectivity index is 1.85. The summed E-state index contributed by atoms with van der Waals surface area (Å²) in [7, 11) is 0.0293. The van der Waals surface area contributed by atoms with Crippen LogP contribution in [0.25, 0.3) is 0 Å². The molecular formula is C39H47N3O8S. The van der Waals surface area contributed by atoms with Crippen molar-refractivity contribution < 1.29 is 37.0 Å². The summed E-state index contributed by atoms with van der Waals surface area (Å²) in [5, 5.41) is 3.05. The highest BCUT2D eigenvalue weighted by atomic mass is 32.2. The first-order valence-corrected chi connectivity index (χ1v) is 18.2. The van der Waals surface area contributed by atoms with E-state index in [4.69, 9.17) is 18.9 Å². The number of amides is 2. The molecule has 0 unspecified atom stereocenters. The second-order valence-electron chi connectivity index (χ2n) is 11.9. The molecule has 12 heteroatoms. The fraction of sp³-hybridized carbons (Fsp3) is 0.333. The Morgan fingerprint density at radius 2 is 1.45 bits per heavy atom. The summed E-state index contributed by atoms with van der Waals surface area (Å²) in [6.45, 7) is 5.53. The van der Waals surface area contributed by atoms with Gasteiger partial charge < -0.3 is 29.2 Å². The van der Waals surface area contributed by atoms with Crippen molar-refractivity contribution >= 4 is 27.5 Å². The van der Waals surface area contributed by atoms with E-state index >= 15 is 0 Å². The van der Waals surface area contributed by atoms with Gasteiger partial charge in [0.05, 0.1) is 38.5 Å². The van der Waals surface area contributed by atoms with E-state index in [0.717, 1.165) is 9.87 Å². The van der Waals surface area contributed by atoms with Gasteiger partial charge in [-0.05, 0) is 79.9 Å². The van der Waals surface area contributed by atoms with Gasteiger partial charge in [-0.3, -0.25) is 13.9 Å². The van der Waals surface area contributed by atoms with Crippen LogP contribution in [0.2, 0.25) is 0 Å². The number of nitrogens with zero attached hydrogens (tertiary/aromatic N) is 2. The molecule has 2 atom stereocenters. The maximum atomic E-state index is 14.8. The van der Waals surface area contributed by atoms with Gasteiger partial charge in [-0.25, -0.2) is 8.42 Å². The number of nitrogens with one attached hydrogen (secondary N) is 1. The molecule has 0 saturated heterocycles. The molecule has 0 fully saturated rings. The number of benzene rings is 4. The molecule has 0 radical (unpaired) electrons. The van der Waals surface area contributed by atoms with Crippen LogP contribution < -0.4 is 28.6 Å². The number of hydrogen-bond acceptors (Lipinski definition) is 8. The first-order valence-electron chi connectivity index (χ1n) is 16.8. The van der Waals surface area contributed by atoms with Crippen LogP contribution in [-0.4, -0.2) is 71.7 Å². The molecule has 4 rings (SSSR count). The third-order valence-electron chi connectivity index (χ3n) is 8.42. The third-order valence-corrected chi connectivity index (χ3v) is 10.2. The average molecular weight is 718 g/mol. The minimum atomic E-state index is -4.39. The van der Waals surface area contributed by atoms with Crippen molar-refractivity contribution in [2.24, 2.45) is 0 Å². The predicted octanol–water partition coefficient (Wildman–Crippen LogP) is 5.86. The normalized spacial score (nSPS) is 12.3. The van der Waals surface area contributed by atoms with E-state index in [-0.39, 0.29) is 41.2 Å². The van der Waals surface area contributed by atoms with Crippen molar-refractivity contribution in [3.63, 3.8) is 0 Å². The quantitative estimate of drug-likeness (QED) is 0.136. The van der Waals surface area contributed by atoms with E-state index in [9.17, 15) is 18.0 Å². The number of carbonyl (C=O) groups is 2. The maximum Gasteiger partial charge on any atom is 0.264 e. The summed E-state index contributed by atoms with van der Waals surface area (Å²) in [5.41, 5.74) is 1.77. The Kier molecular flexibility index (Phi) is 13.7. The Morgan fingerprint density at radius 1 is 0.765 bits per heavy atom. The minimum Gasteiger partial charge on any atom is -0.497 e. The van der Waals surface area contributed by atoms with E-state index in [1.807, 2.05) is 57.2 Å². The molecule has 51 heavy (non-hydrogen) atoms. The lowest BCUT2D eigenvalue weighted by molar-refractivity contribution is -0.140.